The second-order valence-electron chi connectivity index (χ2n) is 4.81. The maximum Gasteiger partial charge on any atom is 0.573 e. The van der Waals surface area contributed by atoms with Gasteiger partial charge in [0.1, 0.15) is 5.75 Å². The van der Waals surface area contributed by atoms with Crippen LogP contribution >= 0.6 is 0 Å². The lowest BCUT2D eigenvalue weighted by molar-refractivity contribution is -0.274. The number of hydrogen-bond donors (Lipinski definition) is 2. The van der Waals surface area contributed by atoms with Crippen molar-refractivity contribution >= 4 is 0 Å². The van der Waals surface area contributed by atoms with E-state index in [0.29, 0.717) is 11.5 Å². The molecule has 1 rings (SSSR count). The number of hydrogen-bond acceptors (Lipinski definition) is 3. The van der Waals surface area contributed by atoms with Crippen LogP contribution in [0.4, 0.5) is 13.2 Å². The van der Waals surface area contributed by atoms with Crippen LogP contribution < -0.4 is 16.0 Å². The van der Waals surface area contributed by atoms with E-state index < -0.39 is 6.36 Å². The molecule has 1 unspecified atom stereocenters. The van der Waals surface area contributed by atoms with Crippen molar-refractivity contribution in [1.82, 2.24) is 5.43 Å². The summed E-state index contributed by atoms with van der Waals surface area (Å²) in [5, 5.41) is 0. The Hall–Kier alpha value is -1.27. The number of benzene rings is 1. The van der Waals surface area contributed by atoms with E-state index in [-0.39, 0.29) is 11.8 Å². The average molecular weight is 276 g/mol. The number of rotatable bonds is 6. The second kappa shape index (κ2) is 6.77. The molecule has 0 aliphatic heterocycles. The summed E-state index contributed by atoms with van der Waals surface area (Å²) in [5.41, 5.74) is 3.31. The highest BCUT2D eigenvalue weighted by Crippen LogP contribution is 2.27. The molecule has 0 saturated carbocycles. The summed E-state index contributed by atoms with van der Waals surface area (Å²) in [6.45, 7) is 4.16. The lowest BCUT2D eigenvalue weighted by Gasteiger charge is -2.18. The third kappa shape index (κ3) is 5.94. The van der Waals surface area contributed by atoms with Crippen LogP contribution in [0.15, 0.2) is 24.3 Å². The van der Waals surface area contributed by atoms with E-state index in [9.17, 15) is 13.2 Å². The fourth-order valence-corrected chi connectivity index (χ4v) is 1.77. The zero-order chi connectivity index (χ0) is 14.5. The van der Waals surface area contributed by atoms with Gasteiger partial charge in [-0.05, 0) is 36.5 Å². The van der Waals surface area contributed by atoms with Crippen LogP contribution in [0.25, 0.3) is 0 Å². The van der Waals surface area contributed by atoms with Crippen molar-refractivity contribution < 1.29 is 17.9 Å². The summed E-state index contributed by atoms with van der Waals surface area (Å²) >= 11 is 0. The standard InChI is InChI=1S/C13H19F3N2O/c1-9(2)6-7-12(18-17)10-4-3-5-11(8-10)19-13(14,15)16/h3-5,8-9,12,18H,6-7,17H2,1-2H3. The number of nitrogens with two attached hydrogens (primary N) is 1. The summed E-state index contributed by atoms with van der Waals surface area (Å²) in [7, 11) is 0. The van der Waals surface area contributed by atoms with Gasteiger partial charge in [-0.1, -0.05) is 26.0 Å². The minimum Gasteiger partial charge on any atom is -0.406 e. The fourth-order valence-electron chi connectivity index (χ4n) is 1.77. The number of halogens is 3. The number of alkyl halides is 3. The van der Waals surface area contributed by atoms with E-state index in [4.69, 9.17) is 5.84 Å². The fraction of sp³-hybridized carbons (Fsp3) is 0.538. The van der Waals surface area contributed by atoms with Gasteiger partial charge in [-0.15, -0.1) is 13.2 Å². The predicted molar refractivity (Wildman–Crippen MR) is 67.3 cm³/mol. The normalized spacial score (nSPS) is 13.6. The Bertz CT molecular complexity index is 394. The molecule has 3 nitrogen and oxygen atoms in total. The zero-order valence-corrected chi connectivity index (χ0v) is 11.0. The molecule has 0 amide bonds. The lowest BCUT2D eigenvalue weighted by Crippen LogP contribution is -2.28. The summed E-state index contributed by atoms with van der Waals surface area (Å²) in [4.78, 5) is 0. The summed E-state index contributed by atoms with van der Waals surface area (Å²) in [6.07, 6.45) is -2.99. The van der Waals surface area contributed by atoms with E-state index in [1.54, 1.807) is 6.07 Å². The molecule has 0 radical (unpaired) electrons. The second-order valence-corrected chi connectivity index (χ2v) is 4.81. The first-order valence-electron chi connectivity index (χ1n) is 6.13. The van der Waals surface area contributed by atoms with Crippen LogP contribution in [-0.2, 0) is 0 Å². The first-order chi connectivity index (χ1) is 8.81. The van der Waals surface area contributed by atoms with E-state index in [2.05, 4.69) is 24.0 Å². The molecule has 1 aromatic rings. The van der Waals surface area contributed by atoms with Gasteiger partial charge in [0.25, 0.3) is 0 Å². The molecule has 0 aliphatic carbocycles. The molecule has 1 atom stereocenters. The largest absolute Gasteiger partial charge is 0.573 e. The van der Waals surface area contributed by atoms with Gasteiger partial charge in [0.15, 0.2) is 0 Å². The maximum absolute atomic E-state index is 12.1. The van der Waals surface area contributed by atoms with Gasteiger partial charge in [0.05, 0.1) is 0 Å². The topological polar surface area (TPSA) is 47.3 Å². The van der Waals surface area contributed by atoms with E-state index >= 15 is 0 Å². The van der Waals surface area contributed by atoms with Crippen molar-refractivity contribution in [2.75, 3.05) is 0 Å². The lowest BCUT2D eigenvalue weighted by atomic mass is 9.98. The van der Waals surface area contributed by atoms with Gasteiger partial charge < -0.3 is 4.74 Å². The predicted octanol–water partition coefficient (Wildman–Crippen LogP) is 3.53. The van der Waals surface area contributed by atoms with Crippen molar-refractivity contribution in [3.63, 3.8) is 0 Å². The Balaban J connectivity index is 2.78. The van der Waals surface area contributed by atoms with Crippen LogP contribution in [0.3, 0.4) is 0 Å². The van der Waals surface area contributed by atoms with Gasteiger partial charge in [0, 0.05) is 6.04 Å². The first-order valence-corrected chi connectivity index (χ1v) is 6.13. The smallest absolute Gasteiger partial charge is 0.406 e. The quantitative estimate of drug-likeness (QED) is 0.617. The highest BCUT2D eigenvalue weighted by atomic mass is 19.4. The minimum atomic E-state index is -4.68. The Morgan fingerprint density at radius 3 is 2.47 bits per heavy atom. The molecule has 19 heavy (non-hydrogen) atoms. The van der Waals surface area contributed by atoms with Crippen LogP contribution in [0.1, 0.15) is 38.3 Å². The number of hydrazine groups is 1. The number of nitrogens with one attached hydrogen (secondary N) is 1. The molecule has 1 aromatic carbocycles. The molecule has 0 spiro atoms. The van der Waals surface area contributed by atoms with E-state index in [1.807, 2.05) is 0 Å². The van der Waals surface area contributed by atoms with Crippen molar-refractivity contribution in [3.05, 3.63) is 29.8 Å². The van der Waals surface area contributed by atoms with E-state index in [0.717, 1.165) is 12.8 Å². The maximum atomic E-state index is 12.1. The highest BCUT2D eigenvalue weighted by molar-refractivity contribution is 5.30. The van der Waals surface area contributed by atoms with Crippen molar-refractivity contribution in [3.8, 4) is 5.75 Å². The molecule has 108 valence electrons. The molecule has 0 bridgehead atoms. The van der Waals surface area contributed by atoms with Crippen LogP contribution in [0.2, 0.25) is 0 Å². The Morgan fingerprint density at radius 1 is 1.26 bits per heavy atom. The summed E-state index contributed by atoms with van der Waals surface area (Å²) < 4.78 is 40.3. The molecule has 0 aromatic heterocycles. The molecule has 0 saturated heterocycles. The zero-order valence-electron chi connectivity index (χ0n) is 11.0. The van der Waals surface area contributed by atoms with Crippen molar-refractivity contribution in [2.45, 2.75) is 39.1 Å². The summed E-state index contributed by atoms with van der Waals surface area (Å²) in [5.74, 6) is 5.73. The molecule has 3 N–H and O–H groups in total. The highest BCUT2D eigenvalue weighted by Gasteiger charge is 2.31. The third-order valence-electron chi connectivity index (χ3n) is 2.73. The van der Waals surface area contributed by atoms with Crippen LogP contribution in [0, 0.1) is 5.92 Å². The molecule has 6 heteroatoms. The van der Waals surface area contributed by atoms with Gasteiger partial charge >= 0.3 is 6.36 Å². The number of ether oxygens (including phenoxy) is 1. The summed E-state index contributed by atoms with van der Waals surface area (Å²) in [6, 6.07) is 5.70. The molecule has 0 heterocycles. The van der Waals surface area contributed by atoms with Crippen LogP contribution in [0.5, 0.6) is 5.75 Å². The Morgan fingerprint density at radius 2 is 1.95 bits per heavy atom. The molecule has 0 fully saturated rings. The molecular weight excluding hydrogens is 257 g/mol. The third-order valence-corrected chi connectivity index (χ3v) is 2.73. The SMILES string of the molecule is CC(C)CCC(NN)c1cccc(OC(F)(F)F)c1. The monoisotopic (exact) mass is 276 g/mol. The average Bonchev–Trinajstić information content (AvgIpc) is 2.27. The van der Waals surface area contributed by atoms with Crippen LogP contribution in [-0.4, -0.2) is 6.36 Å². The first kappa shape index (κ1) is 15.8. The van der Waals surface area contributed by atoms with Gasteiger partial charge in [-0.25, -0.2) is 0 Å². The van der Waals surface area contributed by atoms with Gasteiger partial charge in [0.2, 0.25) is 0 Å². The van der Waals surface area contributed by atoms with E-state index in [1.165, 1.54) is 18.2 Å². The minimum absolute atomic E-state index is 0.181. The Labute approximate surface area is 110 Å². The van der Waals surface area contributed by atoms with Gasteiger partial charge in [-0.3, -0.25) is 11.3 Å². The molecular formula is C13H19F3N2O. The van der Waals surface area contributed by atoms with Crippen molar-refractivity contribution in [2.24, 2.45) is 11.8 Å². The van der Waals surface area contributed by atoms with Crippen molar-refractivity contribution in [1.29, 1.82) is 0 Å². The van der Waals surface area contributed by atoms with Gasteiger partial charge in [-0.2, -0.15) is 0 Å². The molecule has 0 aliphatic rings. The Kier molecular flexibility index (Phi) is 5.62.